The van der Waals surface area contributed by atoms with Crippen LogP contribution in [0.1, 0.15) is 37.6 Å². The van der Waals surface area contributed by atoms with E-state index in [9.17, 15) is 24.3 Å². The van der Waals surface area contributed by atoms with E-state index in [0.717, 1.165) is 4.70 Å². The van der Waals surface area contributed by atoms with Crippen LogP contribution in [0, 0.1) is 15.5 Å². The predicted octanol–water partition coefficient (Wildman–Crippen LogP) is 6.76. The maximum Gasteiger partial charge on any atom is 0.313 e. The molecule has 3 rings (SSSR count). The number of benzene rings is 2. The van der Waals surface area contributed by atoms with Crippen LogP contribution < -0.4 is 5.32 Å². The van der Waals surface area contributed by atoms with Gasteiger partial charge in [0.2, 0.25) is 13.3 Å². The number of nitro groups is 1. The molecule has 37 heavy (non-hydrogen) atoms. The highest BCUT2D eigenvalue weighted by atomic mass is 35.5. The molecular formula is C25H26ClN2O7PS. The van der Waals surface area contributed by atoms with Crippen LogP contribution in [0.3, 0.4) is 0 Å². The van der Waals surface area contributed by atoms with E-state index in [4.69, 9.17) is 20.9 Å². The average molecular weight is 565 g/mol. The minimum atomic E-state index is -3.76. The van der Waals surface area contributed by atoms with Crippen molar-refractivity contribution in [3.63, 3.8) is 0 Å². The first-order chi connectivity index (χ1) is 17.3. The van der Waals surface area contributed by atoms with E-state index < -0.39 is 42.0 Å². The number of nitrogens with zero attached hydrogens (tertiary/aromatic N) is 1. The van der Waals surface area contributed by atoms with Gasteiger partial charge < -0.3 is 10.1 Å². The molecule has 12 heteroatoms. The molecule has 0 aliphatic heterocycles. The zero-order chi connectivity index (χ0) is 27.4. The van der Waals surface area contributed by atoms with Crippen molar-refractivity contribution in [2.45, 2.75) is 26.4 Å². The average Bonchev–Trinajstić information content (AvgIpc) is 3.20. The van der Waals surface area contributed by atoms with Gasteiger partial charge >= 0.3 is 5.97 Å². The Morgan fingerprint density at radius 1 is 1.24 bits per heavy atom. The quantitative estimate of drug-likeness (QED) is 0.1000. The lowest BCUT2D eigenvalue weighted by molar-refractivity contribution is -0.384. The molecule has 3 aromatic rings. The second kappa shape index (κ2) is 11.6. The number of hydrogen-bond acceptors (Lipinski definition) is 8. The number of halogens is 1. The number of thiophene rings is 1. The summed E-state index contributed by atoms with van der Waals surface area (Å²) in [6.07, 6.45) is 2.80. The number of nitrogens with one attached hydrogen (secondary N) is 1. The van der Waals surface area contributed by atoms with Gasteiger partial charge in [-0.2, -0.15) is 0 Å². The second-order valence-corrected chi connectivity index (χ2v) is 13.2. The highest BCUT2D eigenvalue weighted by Crippen LogP contribution is 2.59. The molecule has 0 aliphatic rings. The number of esters is 1. The summed E-state index contributed by atoms with van der Waals surface area (Å²) in [7, 11) is -3.76. The van der Waals surface area contributed by atoms with Crippen LogP contribution in [0.4, 0.5) is 5.69 Å². The van der Waals surface area contributed by atoms with Crippen molar-refractivity contribution in [1.29, 1.82) is 0 Å². The van der Waals surface area contributed by atoms with Crippen LogP contribution >= 0.6 is 30.3 Å². The van der Waals surface area contributed by atoms with Gasteiger partial charge in [-0.25, -0.2) is 0 Å². The molecule has 0 aliphatic carbocycles. The Hall–Kier alpha value is -3.04. The molecule has 9 nitrogen and oxygen atoms in total. The minimum Gasteiger partial charge on any atom is -0.438 e. The van der Waals surface area contributed by atoms with Gasteiger partial charge in [0.05, 0.1) is 10.3 Å². The first-order valence-corrected chi connectivity index (χ1v) is 14.5. The van der Waals surface area contributed by atoms with Crippen LogP contribution in [0.15, 0.2) is 54.0 Å². The van der Waals surface area contributed by atoms with E-state index >= 15 is 0 Å². The molecular weight excluding hydrogens is 539 g/mol. The lowest BCUT2D eigenvalue weighted by Gasteiger charge is -2.24. The lowest BCUT2D eigenvalue weighted by Crippen LogP contribution is -2.27. The number of non-ortho nitro benzene ring substituents is 1. The molecule has 0 saturated heterocycles. The number of ether oxygens (including phenoxy) is 1. The van der Waals surface area contributed by atoms with E-state index in [2.05, 4.69) is 5.32 Å². The van der Waals surface area contributed by atoms with Crippen molar-refractivity contribution in [3.8, 4) is 0 Å². The Labute approximate surface area is 223 Å². The van der Waals surface area contributed by atoms with Gasteiger partial charge in [-0.15, -0.1) is 11.3 Å². The van der Waals surface area contributed by atoms with Crippen LogP contribution in [0.5, 0.6) is 0 Å². The Balaban J connectivity index is 1.89. The summed E-state index contributed by atoms with van der Waals surface area (Å²) < 4.78 is 25.2. The molecule has 1 heterocycles. The molecule has 1 N–H and O–H groups in total. The molecule has 0 radical (unpaired) electrons. The monoisotopic (exact) mass is 564 g/mol. The topological polar surface area (TPSA) is 125 Å². The van der Waals surface area contributed by atoms with Crippen molar-refractivity contribution in [2.24, 2.45) is 5.41 Å². The fourth-order valence-electron chi connectivity index (χ4n) is 3.36. The number of fused-ring (bicyclic) bond motifs is 1. The van der Waals surface area contributed by atoms with E-state index in [0.29, 0.717) is 21.5 Å². The number of amides is 1. The minimum absolute atomic E-state index is 0.0933. The summed E-state index contributed by atoms with van der Waals surface area (Å²) in [6, 6.07) is 11.1. The van der Waals surface area contributed by atoms with Crippen LogP contribution in [-0.4, -0.2) is 30.3 Å². The summed E-state index contributed by atoms with van der Waals surface area (Å²) >= 11 is 7.54. The van der Waals surface area contributed by atoms with Gasteiger partial charge in [0.15, 0.2) is 6.79 Å². The Bertz CT molecular complexity index is 1410. The maximum atomic E-state index is 13.8. The standard InChI is InChI=1S/C25H26ClN2O7PS/c1-25(2,3)24(30)34-15-35-36(4,33)22(20-14-37-21-9-8-17(26)13-19(20)21)23(29)27-11-10-16-6-5-7-18(12-16)28(31)32/h5-14,22H,15H2,1-4H3,(H,27,29). The number of nitro benzene ring substituents is 1. The summed E-state index contributed by atoms with van der Waals surface area (Å²) in [5, 5.41) is 16.4. The molecule has 1 amide bonds. The normalized spacial score (nSPS) is 14.3. The Kier molecular flexibility index (Phi) is 8.92. The first kappa shape index (κ1) is 28.5. The second-order valence-electron chi connectivity index (χ2n) is 9.27. The van der Waals surface area contributed by atoms with Gasteiger partial charge in [0.25, 0.3) is 5.69 Å². The van der Waals surface area contributed by atoms with Gasteiger partial charge in [0.1, 0.15) is 5.66 Å². The van der Waals surface area contributed by atoms with Crippen molar-refractivity contribution < 1.29 is 28.3 Å². The van der Waals surface area contributed by atoms with E-state index in [1.807, 2.05) is 0 Å². The predicted molar refractivity (Wildman–Crippen MR) is 145 cm³/mol. The number of carbonyl (C=O) groups is 2. The summed E-state index contributed by atoms with van der Waals surface area (Å²) in [6.45, 7) is 5.74. The highest BCUT2D eigenvalue weighted by Gasteiger charge is 2.39. The van der Waals surface area contributed by atoms with Crippen LogP contribution in [0.2, 0.25) is 5.02 Å². The third-order valence-corrected chi connectivity index (χ3v) is 8.56. The van der Waals surface area contributed by atoms with Gasteiger partial charge in [-0.1, -0.05) is 23.7 Å². The molecule has 0 bridgehead atoms. The van der Waals surface area contributed by atoms with Gasteiger partial charge in [-0.3, -0.25) is 28.8 Å². The van der Waals surface area contributed by atoms with E-state index in [-0.39, 0.29) is 5.69 Å². The molecule has 2 atom stereocenters. The fraction of sp³-hybridized carbons (Fsp3) is 0.280. The molecule has 2 unspecified atom stereocenters. The smallest absolute Gasteiger partial charge is 0.313 e. The largest absolute Gasteiger partial charge is 0.438 e. The van der Waals surface area contributed by atoms with Crippen molar-refractivity contribution in [3.05, 3.63) is 80.3 Å². The first-order valence-electron chi connectivity index (χ1n) is 11.1. The SMILES string of the molecule is CC(C)(C)C(=O)OCOP(C)(=O)C(C(=O)NC=Cc1cccc([N+](=O)[O-])c1)c1csc2ccc(Cl)cc12. The van der Waals surface area contributed by atoms with Crippen molar-refractivity contribution >= 4 is 64.0 Å². The molecule has 0 spiro atoms. The third kappa shape index (κ3) is 7.26. The molecule has 0 fully saturated rings. The number of hydrogen-bond donors (Lipinski definition) is 1. The molecule has 2 aromatic carbocycles. The van der Waals surface area contributed by atoms with Crippen molar-refractivity contribution in [1.82, 2.24) is 5.32 Å². The number of rotatable bonds is 9. The third-order valence-electron chi connectivity index (χ3n) is 5.27. The van der Waals surface area contributed by atoms with Crippen LogP contribution in [-0.2, 0) is 23.4 Å². The molecule has 1 aromatic heterocycles. The Morgan fingerprint density at radius 3 is 2.65 bits per heavy atom. The number of carbonyl (C=O) groups excluding carboxylic acids is 2. The highest BCUT2D eigenvalue weighted by molar-refractivity contribution is 7.59. The van der Waals surface area contributed by atoms with Gasteiger partial charge in [0, 0.05) is 34.7 Å². The summed E-state index contributed by atoms with van der Waals surface area (Å²) in [5.74, 6) is -1.17. The van der Waals surface area contributed by atoms with E-state index in [1.54, 1.807) is 50.4 Å². The molecule has 196 valence electrons. The van der Waals surface area contributed by atoms with Gasteiger partial charge in [-0.05, 0) is 66.9 Å². The van der Waals surface area contributed by atoms with Crippen molar-refractivity contribution in [2.75, 3.05) is 13.5 Å². The summed E-state index contributed by atoms with van der Waals surface area (Å²) in [4.78, 5) is 36.0. The van der Waals surface area contributed by atoms with E-state index in [1.165, 1.54) is 48.5 Å². The summed E-state index contributed by atoms with van der Waals surface area (Å²) in [5.41, 5.74) is -1.18. The fourth-order valence-corrected chi connectivity index (χ4v) is 6.23. The van der Waals surface area contributed by atoms with Crippen LogP contribution in [0.25, 0.3) is 16.2 Å². The Morgan fingerprint density at radius 2 is 1.97 bits per heavy atom. The zero-order valence-corrected chi connectivity index (χ0v) is 23.1. The maximum absolute atomic E-state index is 13.8. The zero-order valence-electron chi connectivity index (χ0n) is 20.6. The lowest BCUT2D eigenvalue weighted by atomic mass is 9.98. The molecule has 0 saturated carbocycles.